The van der Waals surface area contributed by atoms with E-state index in [1.165, 1.54) is 4.90 Å². The first kappa shape index (κ1) is 18.4. The first-order valence-corrected chi connectivity index (χ1v) is 8.19. The number of nitrogens with one attached hydrogen (secondary N) is 2. The Morgan fingerprint density at radius 3 is 2.60 bits per heavy atom. The first-order valence-electron chi connectivity index (χ1n) is 8.19. The lowest BCUT2D eigenvalue weighted by atomic mass is 10.1. The van der Waals surface area contributed by atoms with Crippen LogP contribution in [-0.4, -0.2) is 41.3 Å². The van der Waals surface area contributed by atoms with Gasteiger partial charge in [-0.05, 0) is 50.6 Å². The van der Waals surface area contributed by atoms with Crippen LogP contribution < -0.4 is 10.6 Å². The normalized spacial score (nSPS) is 10.4. The molecule has 0 radical (unpaired) electrons. The fraction of sp³-hybridized carbons (Fsp3) is 0.316. The summed E-state index contributed by atoms with van der Waals surface area (Å²) >= 11 is 0. The van der Waals surface area contributed by atoms with Crippen molar-refractivity contribution >= 4 is 23.3 Å². The van der Waals surface area contributed by atoms with Crippen LogP contribution >= 0.6 is 0 Å². The standard InChI is InChI=1S/C19H24N4O2/c1-13(2)21-16-7-5-6-15(10-16)19(25)23(4)12-18(24)22-17-9-8-14(3)11-20-17/h5-11,13,21H,12H2,1-4H3,(H,20,22,24). The van der Waals surface area contributed by atoms with Crippen molar-refractivity contribution in [3.8, 4) is 0 Å². The molecule has 0 unspecified atom stereocenters. The van der Waals surface area contributed by atoms with Crippen molar-refractivity contribution in [1.29, 1.82) is 0 Å². The second kappa shape index (κ2) is 8.28. The number of carbonyl (C=O) groups is 2. The number of anilines is 2. The molecular formula is C19H24N4O2. The number of nitrogens with zero attached hydrogens (tertiary/aromatic N) is 2. The number of hydrogen-bond acceptors (Lipinski definition) is 4. The second-order valence-electron chi connectivity index (χ2n) is 6.31. The van der Waals surface area contributed by atoms with Gasteiger partial charge in [-0.1, -0.05) is 12.1 Å². The number of pyridine rings is 1. The van der Waals surface area contributed by atoms with Gasteiger partial charge in [0, 0.05) is 30.5 Å². The summed E-state index contributed by atoms with van der Waals surface area (Å²) in [4.78, 5) is 30.1. The molecule has 2 rings (SSSR count). The first-order chi connectivity index (χ1) is 11.8. The molecule has 2 aromatic rings. The zero-order valence-corrected chi connectivity index (χ0v) is 15.0. The summed E-state index contributed by atoms with van der Waals surface area (Å²) in [6, 6.07) is 11.1. The number of aryl methyl sites for hydroxylation is 1. The van der Waals surface area contributed by atoms with Gasteiger partial charge >= 0.3 is 0 Å². The molecule has 2 N–H and O–H groups in total. The lowest BCUT2D eigenvalue weighted by Crippen LogP contribution is -2.35. The Labute approximate surface area is 148 Å². The molecule has 0 fully saturated rings. The molecule has 0 saturated carbocycles. The highest BCUT2D eigenvalue weighted by Crippen LogP contribution is 2.13. The van der Waals surface area contributed by atoms with E-state index in [9.17, 15) is 9.59 Å². The average Bonchev–Trinajstić information content (AvgIpc) is 2.55. The van der Waals surface area contributed by atoms with Gasteiger partial charge in [-0.3, -0.25) is 9.59 Å². The number of likely N-dealkylation sites (N-methyl/N-ethyl adjacent to an activating group) is 1. The smallest absolute Gasteiger partial charge is 0.254 e. The predicted octanol–water partition coefficient (Wildman–Crippen LogP) is 2.92. The van der Waals surface area contributed by atoms with Gasteiger partial charge in [0.15, 0.2) is 0 Å². The molecule has 0 aliphatic heterocycles. The van der Waals surface area contributed by atoms with Crippen LogP contribution in [0, 0.1) is 6.92 Å². The summed E-state index contributed by atoms with van der Waals surface area (Å²) in [5.41, 5.74) is 2.43. The lowest BCUT2D eigenvalue weighted by Gasteiger charge is -2.18. The van der Waals surface area contributed by atoms with Crippen LogP contribution in [-0.2, 0) is 4.79 Å². The number of rotatable bonds is 6. The molecule has 0 bridgehead atoms. The number of carbonyl (C=O) groups excluding carboxylic acids is 2. The molecule has 1 aromatic heterocycles. The average molecular weight is 340 g/mol. The fourth-order valence-electron chi connectivity index (χ4n) is 2.31. The molecule has 2 amide bonds. The van der Waals surface area contributed by atoms with Crippen molar-refractivity contribution in [3.63, 3.8) is 0 Å². The number of aromatic nitrogens is 1. The molecule has 6 nitrogen and oxygen atoms in total. The summed E-state index contributed by atoms with van der Waals surface area (Å²) in [7, 11) is 1.60. The Hall–Kier alpha value is -2.89. The largest absolute Gasteiger partial charge is 0.383 e. The third-order valence-corrected chi connectivity index (χ3v) is 3.47. The van der Waals surface area contributed by atoms with Crippen LogP contribution in [0.25, 0.3) is 0 Å². The minimum absolute atomic E-state index is 0.0454. The Balaban J connectivity index is 1.97. The molecule has 1 heterocycles. The summed E-state index contributed by atoms with van der Waals surface area (Å²) in [5.74, 6) is -0.0253. The van der Waals surface area contributed by atoms with Crippen molar-refractivity contribution in [1.82, 2.24) is 9.88 Å². The molecule has 1 aromatic carbocycles. The maximum Gasteiger partial charge on any atom is 0.254 e. The van der Waals surface area contributed by atoms with Crippen LogP contribution in [0.5, 0.6) is 0 Å². The van der Waals surface area contributed by atoms with Gasteiger partial charge in [0.1, 0.15) is 5.82 Å². The zero-order chi connectivity index (χ0) is 18.4. The van der Waals surface area contributed by atoms with Gasteiger partial charge in [-0.15, -0.1) is 0 Å². The Morgan fingerprint density at radius 1 is 1.20 bits per heavy atom. The van der Waals surface area contributed by atoms with E-state index < -0.39 is 0 Å². The van der Waals surface area contributed by atoms with E-state index >= 15 is 0 Å². The lowest BCUT2D eigenvalue weighted by molar-refractivity contribution is -0.116. The fourth-order valence-corrected chi connectivity index (χ4v) is 2.31. The Bertz CT molecular complexity index is 741. The quantitative estimate of drug-likeness (QED) is 0.848. The predicted molar refractivity (Wildman–Crippen MR) is 99.8 cm³/mol. The summed E-state index contributed by atoms with van der Waals surface area (Å²) < 4.78 is 0. The van der Waals surface area contributed by atoms with E-state index in [-0.39, 0.29) is 24.4 Å². The molecule has 0 saturated heterocycles. The molecular weight excluding hydrogens is 316 g/mol. The van der Waals surface area contributed by atoms with Crippen molar-refractivity contribution in [2.45, 2.75) is 26.8 Å². The zero-order valence-electron chi connectivity index (χ0n) is 15.0. The van der Waals surface area contributed by atoms with Crippen molar-refractivity contribution in [2.24, 2.45) is 0 Å². The van der Waals surface area contributed by atoms with Crippen LogP contribution in [0.3, 0.4) is 0 Å². The highest BCUT2D eigenvalue weighted by molar-refractivity contribution is 5.99. The number of hydrogen-bond donors (Lipinski definition) is 2. The van der Waals surface area contributed by atoms with Crippen LogP contribution in [0.1, 0.15) is 29.8 Å². The minimum atomic E-state index is -0.288. The summed E-state index contributed by atoms with van der Waals surface area (Å²) in [6.07, 6.45) is 1.68. The van der Waals surface area contributed by atoms with Gasteiger partial charge < -0.3 is 15.5 Å². The highest BCUT2D eigenvalue weighted by Gasteiger charge is 2.15. The van der Waals surface area contributed by atoms with Crippen molar-refractivity contribution < 1.29 is 9.59 Å². The van der Waals surface area contributed by atoms with Gasteiger partial charge in [0.05, 0.1) is 6.54 Å². The maximum absolute atomic E-state index is 12.5. The van der Waals surface area contributed by atoms with Gasteiger partial charge in [-0.25, -0.2) is 4.98 Å². The van der Waals surface area contributed by atoms with Gasteiger partial charge in [-0.2, -0.15) is 0 Å². The summed E-state index contributed by atoms with van der Waals surface area (Å²) in [6.45, 7) is 5.94. The van der Waals surface area contributed by atoms with E-state index in [2.05, 4.69) is 15.6 Å². The molecule has 0 aliphatic carbocycles. The minimum Gasteiger partial charge on any atom is -0.383 e. The third kappa shape index (κ3) is 5.60. The van der Waals surface area contributed by atoms with E-state index in [0.717, 1.165) is 11.3 Å². The highest BCUT2D eigenvalue weighted by atomic mass is 16.2. The third-order valence-electron chi connectivity index (χ3n) is 3.47. The molecule has 6 heteroatoms. The topological polar surface area (TPSA) is 74.3 Å². The second-order valence-corrected chi connectivity index (χ2v) is 6.31. The van der Waals surface area contributed by atoms with Crippen molar-refractivity contribution in [2.75, 3.05) is 24.2 Å². The molecule has 0 spiro atoms. The van der Waals surface area contributed by atoms with Crippen molar-refractivity contribution in [3.05, 3.63) is 53.7 Å². The molecule has 25 heavy (non-hydrogen) atoms. The van der Waals surface area contributed by atoms with E-state index in [4.69, 9.17) is 0 Å². The Kier molecular flexibility index (Phi) is 6.11. The van der Waals surface area contributed by atoms with Gasteiger partial charge in [0.2, 0.25) is 5.91 Å². The monoisotopic (exact) mass is 340 g/mol. The SMILES string of the molecule is Cc1ccc(NC(=O)CN(C)C(=O)c2cccc(NC(C)C)c2)nc1. The van der Waals surface area contributed by atoms with Crippen LogP contribution in [0.2, 0.25) is 0 Å². The molecule has 0 atom stereocenters. The van der Waals surface area contributed by atoms with E-state index in [1.807, 2.05) is 39.0 Å². The number of amides is 2. The maximum atomic E-state index is 12.5. The molecule has 0 aliphatic rings. The summed E-state index contributed by atoms with van der Waals surface area (Å²) in [5, 5.41) is 5.95. The van der Waals surface area contributed by atoms with Crippen LogP contribution in [0.4, 0.5) is 11.5 Å². The Morgan fingerprint density at radius 2 is 1.96 bits per heavy atom. The van der Waals surface area contributed by atoms with Gasteiger partial charge in [0.25, 0.3) is 5.91 Å². The van der Waals surface area contributed by atoms with E-state index in [0.29, 0.717) is 11.4 Å². The number of benzene rings is 1. The van der Waals surface area contributed by atoms with Crippen LogP contribution in [0.15, 0.2) is 42.6 Å². The molecule has 132 valence electrons. The van der Waals surface area contributed by atoms with E-state index in [1.54, 1.807) is 31.4 Å².